The number of carbonyl (C=O) groups is 1. The zero-order valence-electron chi connectivity index (χ0n) is 24.8. The number of ether oxygens (including phenoxy) is 2. The lowest BCUT2D eigenvalue weighted by Crippen LogP contribution is -2.07. The maximum Gasteiger partial charge on any atom is 0.248 e. The molecule has 1 aromatic heterocycles. The van der Waals surface area contributed by atoms with E-state index in [-0.39, 0.29) is 5.91 Å². The highest BCUT2D eigenvalue weighted by Crippen LogP contribution is 2.26. The molecule has 42 heavy (non-hydrogen) atoms. The van der Waals surface area contributed by atoms with Crippen LogP contribution in [0.15, 0.2) is 90.2 Å². The van der Waals surface area contributed by atoms with Crippen LogP contribution in [0.4, 0.5) is 5.69 Å². The largest absolute Gasteiger partial charge is 0.491 e. The fourth-order valence-corrected chi connectivity index (χ4v) is 5.25. The minimum atomic E-state index is -0.163. The molecule has 4 aromatic rings. The van der Waals surface area contributed by atoms with Crippen LogP contribution in [0.5, 0.6) is 5.75 Å². The van der Waals surface area contributed by atoms with Gasteiger partial charge in [0, 0.05) is 47.5 Å². The fourth-order valence-electron chi connectivity index (χ4n) is 4.36. The Labute approximate surface area is 254 Å². The van der Waals surface area contributed by atoms with Crippen LogP contribution in [0.1, 0.15) is 49.9 Å². The molecule has 4 rings (SSSR count). The van der Waals surface area contributed by atoms with Gasteiger partial charge in [0.1, 0.15) is 12.4 Å². The average Bonchev–Trinajstić information content (AvgIpc) is 3.45. The molecule has 0 aliphatic heterocycles. The molecule has 0 atom stereocenters. The molecule has 3 aromatic carbocycles. The van der Waals surface area contributed by atoms with Gasteiger partial charge in [-0.3, -0.25) is 4.79 Å². The van der Waals surface area contributed by atoms with Gasteiger partial charge in [0.05, 0.1) is 12.9 Å². The van der Waals surface area contributed by atoms with Crippen molar-refractivity contribution in [1.82, 2.24) is 9.55 Å². The molecule has 0 radical (unpaired) electrons. The molecule has 0 saturated carbocycles. The van der Waals surface area contributed by atoms with Gasteiger partial charge in [-0.2, -0.15) is 0 Å². The average molecular weight is 584 g/mol. The number of thioether (sulfide) groups is 1. The van der Waals surface area contributed by atoms with Crippen molar-refractivity contribution < 1.29 is 14.3 Å². The number of aromatic nitrogens is 2. The van der Waals surface area contributed by atoms with Crippen molar-refractivity contribution in [3.63, 3.8) is 0 Å². The monoisotopic (exact) mass is 583 g/mol. The summed E-state index contributed by atoms with van der Waals surface area (Å²) in [4.78, 5) is 18.1. The molecule has 6 nitrogen and oxygen atoms in total. The summed E-state index contributed by atoms with van der Waals surface area (Å²) in [5.41, 5.74) is 6.27. The Hall–Kier alpha value is -3.81. The third-order valence-electron chi connectivity index (χ3n) is 6.79. The maximum absolute atomic E-state index is 12.7. The molecule has 7 heteroatoms. The highest BCUT2D eigenvalue weighted by Gasteiger charge is 2.06. The Morgan fingerprint density at radius 3 is 2.50 bits per heavy atom. The highest BCUT2D eigenvalue weighted by atomic mass is 32.2. The van der Waals surface area contributed by atoms with Crippen LogP contribution < -0.4 is 10.1 Å². The third kappa shape index (κ3) is 9.64. The minimum absolute atomic E-state index is 0.163. The van der Waals surface area contributed by atoms with Gasteiger partial charge in [-0.1, -0.05) is 44.5 Å². The van der Waals surface area contributed by atoms with Gasteiger partial charge in [-0.05, 0) is 90.6 Å². The summed E-state index contributed by atoms with van der Waals surface area (Å²) in [5.74, 6) is 1.52. The van der Waals surface area contributed by atoms with E-state index >= 15 is 0 Å². The predicted octanol–water partition coefficient (Wildman–Crippen LogP) is 8.41. The van der Waals surface area contributed by atoms with E-state index in [0.717, 1.165) is 76.8 Å². The Bertz CT molecular complexity index is 1430. The first kappa shape index (κ1) is 31.1. The number of hydrogen-bond acceptors (Lipinski definition) is 5. The van der Waals surface area contributed by atoms with Crippen LogP contribution in [0.2, 0.25) is 0 Å². The molecule has 1 N–H and O–H groups in total. The van der Waals surface area contributed by atoms with Crippen molar-refractivity contribution in [2.75, 3.05) is 25.1 Å². The first-order valence-electron chi connectivity index (χ1n) is 14.7. The van der Waals surface area contributed by atoms with Crippen molar-refractivity contribution in [3.05, 3.63) is 102 Å². The van der Waals surface area contributed by atoms with Crippen molar-refractivity contribution in [1.29, 1.82) is 0 Å². The number of nitrogens with one attached hydrogen (secondary N) is 1. The quantitative estimate of drug-likeness (QED) is 0.0815. The lowest BCUT2D eigenvalue weighted by Gasteiger charge is -2.09. The number of anilines is 1. The molecule has 220 valence electrons. The van der Waals surface area contributed by atoms with E-state index in [0.29, 0.717) is 13.2 Å². The first-order valence-corrected chi connectivity index (χ1v) is 15.7. The summed E-state index contributed by atoms with van der Waals surface area (Å²) in [7, 11) is 0. The summed E-state index contributed by atoms with van der Waals surface area (Å²) in [6.07, 6.45) is 10.6. The van der Waals surface area contributed by atoms with Gasteiger partial charge >= 0.3 is 0 Å². The number of unbranched alkanes of at least 4 members (excludes halogenated alkanes) is 1. The van der Waals surface area contributed by atoms with Gasteiger partial charge in [-0.15, -0.1) is 11.8 Å². The lowest BCUT2D eigenvalue weighted by atomic mass is 9.99. The van der Waals surface area contributed by atoms with Gasteiger partial charge in [0.2, 0.25) is 5.91 Å². The molecule has 0 saturated heterocycles. The van der Waals surface area contributed by atoms with Crippen molar-refractivity contribution in [3.8, 4) is 16.9 Å². The minimum Gasteiger partial charge on any atom is -0.491 e. The van der Waals surface area contributed by atoms with Gasteiger partial charge < -0.3 is 19.4 Å². The second-order valence-electron chi connectivity index (χ2n) is 10.1. The number of aryl methyl sites for hydroxylation is 2. The van der Waals surface area contributed by atoms with Crippen molar-refractivity contribution >= 4 is 29.4 Å². The third-order valence-corrected chi connectivity index (χ3v) is 7.84. The van der Waals surface area contributed by atoms with Gasteiger partial charge in [0.15, 0.2) is 0 Å². The second-order valence-corrected chi connectivity index (χ2v) is 11.2. The van der Waals surface area contributed by atoms with E-state index in [4.69, 9.17) is 9.47 Å². The van der Waals surface area contributed by atoms with E-state index in [9.17, 15) is 4.79 Å². The van der Waals surface area contributed by atoms with E-state index < -0.39 is 0 Å². The molecule has 0 bridgehead atoms. The Balaban J connectivity index is 1.28. The Morgan fingerprint density at radius 1 is 0.952 bits per heavy atom. The van der Waals surface area contributed by atoms with Gasteiger partial charge in [-0.25, -0.2) is 4.98 Å². The zero-order chi connectivity index (χ0) is 29.6. The molecule has 0 fully saturated rings. The number of hydrogen-bond donors (Lipinski definition) is 1. The smallest absolute Gasteiger partial charge is 0.248 e. The van der Waals surface area contributed by atoms with Crippen LogP contribution in [-0.4, -0.2) is 35.3 Å². The van der Waals surface area contributed by atoms with Crippen molar-refractivity contribution in [2.24, 2.45) is 0 Å². The number of carbonyl (C=O) groups excluding carboxylic acids is 1. The summed E-state index contributed by atoms with van der Waals surface area (Å²) in [5, 5.41) is 2.97. The number of imidazole rings is 1. The zero-order valence-corrected chi connectivity index (χ0v) is 25.7. The molecule has 0 spiro atoms. The molecule has 0 aliphatic rings. The van der Waals surface area contributed by atoms with Crippen LogP contribution in [0.3, 0.4) is 0 Å². The van der Waals surface area contributed by atoms with E-state index in [1.807, 2.05) is 61.9 Å². The van der Waals surface area contributed by atoms with Crippen LogP contribution >= 0.6 is 11.8 Å². The van der Waals surface area contributed by atoms with Gasteiger partial charge in [0.25, 0.3) is 0 Å². The molecular weight excluding hydrogens is 542 g/mol. The maximum atomic E-state index is 12.7. The summed E-state index contributed by atoms with van der Waals surface area (Å²) in [6.45, 7) is 9.27. The molecular formula is C35H41N3O3S. The molecule has 0 aliphatic carbocycles. The predicted molar refractivity (Wildman–Crippen MR) is 174 cm³/mol. The molecule has 1 heterocycles. The topological polar surface area (TPSA) is 65.4 Å². The van der Waals surface area contributed by atoms with E-state index in [1.54, 1.807) is 17.8 Å². The molecule has 0 unspecified atom stereocenters. The number of amides is 1. The fraction of sp³-hybridized carbons (Fsp3) is 0.314. The van der Waals surface area contributed by atoms with E-state index in [1.165, 1.54) is 5.69 Å². The summed E-state index contributed by atoms with van der Waals surface area (Å²) < 4.78 is 13.6. The van der Waals surface area contributed by atoms with Crippen LogP contribution in [0.25, 0.3) is 17.2 Å². The lowest BCUT2D eigenvalue weighted by molar-refractivity contribution is -0.111. The summed E-state index contributed by atoms with van der Waals surface area (Å²) in [6, 6.07) is 22.3. The second kappa shape index (κ2) is 16.6. The first-order chi connectivity index (χ1) is 20.6. The number of benzene rings is 3. The van der Waals surface area contributed by atoms with Crippen LogP contribution in [-0.2, 0) is 21.8 Å². The molecule has 1 amide bonds. The Morgan fingerprint density at radius 2 is 1.74 bits per heavy atom. The SMILES string of the molecule is CCCCOCCOc1ccc(-c2ccc(C)c(/C=C/C(=O)Nc3ccc(SCc4cncn4CCC)cc3)c2)cc1. The van der Waals surface area contributed by atoms with E-state index in [2.05, 4.69) is 59.0 Å². The van der Waals surface area contributed by atoms with Crippen LogP contribution in [0, 0.1) is 6.92 Å². The summed E-state index contributed by atoms with van der Waals surface area (Å²) >= 11 is 1.76. The number of nitrogens with zero attached hydrogens (tertiary/aromatic N) is 2. The highest BCUT2D eigenvalue weighted by molar-refractivity contribution is 7.98. The van der Waals surface area contributed by atoms with Crippen molar-refractivity contribution in [2.45, 2.75) is 57.2 Å². The standard InChI is InChI=1S/C35H41N3O3S/c1-4-6-20-40-21-22-41-33-14-9-28(10-15-33)30-8-7-27(3)29(23-30)11-18-35(39)37-31-12-16-34(17-13-31)42-25-32-24-36-26-38(32)19-5-2/h7-18,23-24,26H,4-6,19-22,25H2,1-3H3,(H,37,39)/b18-11+. The normalized spacial score (nSPS) is 11.2. The Kier molecular flexibility index (Phi) is 12.3. The number of rotatable bonds is 16.